The van der Waals surface area contributed by atoms with E-state index in [2.05, 4.69) is 0 Å². The molecule has 0 spiro atoms. The van der Waals surface area contributed by atoms with Gasteiger partial charge in [-0.15, -0.1) is 0 Å². The van der Waals surface area contributed by atoms with Crippen LogP contribution in [0.1, 0.15) is 19.4 Å². The molecule has 0 amide bonds. The number of aryl methyl sites for hydroxylation is 1. The van der Waals surface area contributed by atoms with Crippen molar-refractivity contribution in [3.8, 4) is 17.2 Å². The van der Waals surface area contributed by atoms with Crippen molar-refractivity contribution in [1.29, 1.82) is 0 Å². The Kier molecular flexibility index (Phi) is 4.52. The highest BCUT2D eigenvalue weighted by Gasteiger charge is 2.14. The van der Waals surface area contributed by atoms with E-state index in [1.807, 2.05) is 6.92 Å². The SMILES string of the molecule is CCc1cc2c(=O)c(Oc3ccc(F)cc3)coc2cc1OC(C)=O. The normalized spacial score (nSPS) is 10.7. The first-order valence-corrected chi connectivity index (χ1v) is 7.68. The molecule has 25 heavy (non-hydrogen) atoms. The first-order chi connectivity index (χ1) is 12.0. The Morgan fingerprint density at radius 1 is 1.16 bits per heavy atom. The molecule has 0 atom stereocenters. The topological polar surface area (TPSA) is 65.7 Å². The maximum absolute atomic E-state index is 13.0. The molecule has 2 aromatic carbocycles. The lowest BCUT2D eigenvalue weighted by molar-refractivity contribution is -0.131. The minimum atomic E-state index is -0.451. The largest absolute Gasteiger partial charge is 0.460 e. The first kappa shape index (κ1) is 16.7. The summed E-state index contributed by atoms with van der Waals surface area (Å²) in [5.74, 6) is -0.185. The van der Waals surface area contributed by atoms with Crippen LogP contribution in [0, 0.1) is 5.82 Å². The molecule has 1 aromatic heterocycles. The summed E-state index contributed by atoms with van der Waals surface area (Å²) in [6, 6.07) is 8.44. The highest BCUT2D eigenvalue weighted by atomic mass is 19.1. The number of esters is 1. The van der Waals surface area contributed by atoms with Crippen LogP contribution in [0.2, 0.25) is 0 Å². The number of halogens is 1. The van der Waals surface area contributed by atoms with Crippen molar-refractivity contribution in [1.82, 2.24) is 0 Å². The lowest BCUT2D eigenvalue weighted by Crippen LogP contribution is -2.08. The summed E-state index contributed by atoms with van der Waals surface area (Å²) in [6.45, 7) is 3.19. The van der Waals surface area contributed by atoms with Gasteiger partial charge in [0.05, 0.1) is 5.39 Å². The fraction of sp³-hybridized carbons (Fsp3) is 0.158. The Balaban J connectivity index is 2.05. The maximum Gasteiger partial charge on any atom is 0.308 e. The third-order valence-electron chi connectivity index (χ3n) is 3.60. The van der Waals surface area contributed by atoms with Gasteiger partial charge in [-0.05, 0) is 42.3 Å². The molecular formula is C19H15FO5. The van der Waals surface area contributed by atoms with E-state index in [1.165, 1.54) is 43.5 Å². The molecule has 6 heteroatoms. The molecule has 5 nitrogen and oxygen atoms in total. The van der Waals surface area contributed by atoms with E-state index in [9.17, 15) is 14.0 Å². The standard InChI is InChI=1S/C19H15FO5/c1-3-12-8-15-17(9-16(12)24-11(2)21)23-10-18(19(15)22)25-14-6-4-13(20)5-7-14/h4-10H,3H2,1-2H3. The van der Waals surface area contributed by atoms with Gasteiger partial charge >= 0.3 is 5.97 Å². The van der Waals surface area contributed by atoms with Gasteiger partial charge in [-0.3, -0.25) is 9.59 Å². The average molecular weight is 342 g/mol. The monoisotopic (exact) mass is 342 g/mol. The highest BCUT2D eigenvalue weighted by molar-refractivity contribution is 5.82. The zero-order chi connectivity index (χ0) is 18.0. The summed E-state index contributed by atoms with van der Waals surface area (Å²) >= 11 is 0. The third kappa shape index (κ3) is 3.52. The third-order valence-corrected chi connectivity index (χ3v) is 3.60. The van der Waals surface area contributed by atoms with Gasteiger partial charge in [-0.1, -0.05) is 6.92 Å². The van der Waals surface area contributed by atoms with Crippen LogP contribution in [0.15, 0.2) is 51.9 Å². The Morgan fingerprint density at radius 3 is 2.52 bits per heavy atom. The summed E-state index contributed by atoms with van der Waals surface area (Å²) in [5.41, 5.74) is 0.619. The molecule has 0 unspecified atom stereocenters. The lowest BCUT2D eigenvalue weighted by atomic mass is 10.1. The number of hydrogen-bond donors (Lipinski definition) is 0. The molecule has 0 aliphatic carbocycles. The van der Waals surface area contributed by atoms with E-state index < -0.39 is 11.8 Å². The van der Waals surface area contributed by atoms with Gasteiger partial charge in [-0.2, -0.15) is 0 Å². The summed E-state index contributed by atoms with van der Waals surface area (Å²) in [7, 11) is 0. The Hall–Kier alpha value is -3.15. The van der Waals surface area contributed by atoms with E-state index in [4.69, 9.17) is 13.9 Å². The van der Waals surface area contributed by atoms with Gasteiger partial charge in [-0.25, -0.2) is 4.39 Å². The number of carbonyl (C=O) groups excluding carboxylic acids is 1. The molecule has 0 aliphatic heterocycles. The number of carbonyl (C=O) groups is 1. The van der Waals surface area contributed by atoms with Gasteiger partial charge < -0.3 is 13.9 Å². The van der Waals surface area contributed by atoms with Crippen LogP contribution in [0.4, 0.5) is 4.39 Å². The van der Waals surface area contributed by atoms with Gasteiger partial charge in [0.15, 0.2) is 0 Å². The van der Waals surface area contributed by atoms with Crippen molar-refractivity contribution in [2.45, 2.75) is 20.3 Å². The Bertz CT molecular complexity index is 989. The summed E-state index contributed by atoms with van der Waals surface area (Å²) < 4.78 is 29.0. The second kappa shape index (κ2) is 6.76. The van der Waals surface area contributed by atoms with Crippen LogP contribution in [0.5, 0.6) is 17.2 Å². The molecule has 3 rings (SSSR count). The maximum atomic E-state index is 13.0. The van der Waals surface area contributed by atoms with Crippen LogP contribution in [-0.4, -0.2) is 5.97 Å². The van der Waals surface area contributed by atoms with Crippen molar-refractivity contribution < 1.29 is 23.1 Å². The number of rotatable bonds is 4. The van der Waals surface area contributed by atoms with Crippen LogP contribution < -0.4 is 14.9 Å². The molecule has 0 radical (unpaired) electrons. The predicted molar refractivity (Wildman–Crippen MR) is 89.6 cm³/mol. The van der Waals surface area contributed by atoms with Gasteiger partial charge in [0.1, 0.15) is 29.2 Å². The molecule has 0 fully saturated rings. The molecule has 1 heterocycles. The van der Waals surface area contributed by atoms with Gasteiger partial charge in [0, 0.05) is 13.0 Å². The minimum absolute atomic E-state index is 0.0126. The summed E-state index contributed by atoms with van der Waals surface area (Å²) in [5, 5.41) is 0.312. The Morgan fingerprint density at radius 2 is 1.88 bits per heavy atom. The van der Waals surface area contributed by atoms with E-state index in [0.717, 1.165) is 0 Å². The molecule has 0 N–H and O–H groups in total. The fourth-order valence-electron chi connectivity index (χ4n) is 2.41. The zero-order valence-electron chi connectivity index (χ0n) is 13.7. The van der Waals surface area contributed by atoms with Gasteiger partial charge in [0.25, 0.3) is 0 Å². The molecular weight excluding hydrogens is 327 g/mol. The lowest BCUT2D eigenvalue weighted by Gasteiger charge is -2.10. The van der Waals surface area contributed by atoms with Crippen molar-refractivity contribution in [3.63, 3.8) is 0 Å². The molecule has 0 saturated carbocycles. The quantitative estimate of drug-likeness (QED) is 0.525. The second-order valence-corrected chi connectivity index (χ2v) is 5.39. The summed E-state index contributed by atoms with van der Waals surface area (Å²) in [6.07, 6.45) is 1.75. The van der Waals surface area contributed by atoms with E-state index >= 15 is 0 Å². The van der Waals surface area contributed by atoms with E-state index in [0.29, 0.717) is 28.9 Å². The van der Waals surface area contributed by atoms with Crippen molar-refractivity contribution >= 4 is 16.9 Å². The zero-order valence-corrected chi connectivity index (χ0v) is 13.7. The second-order valence-electron chi connectivity index (χ2n) is 5.39. The number of fused-ring (bicyclic) bond motifs is 1. The first-order valence-electron chi connectivity index (χ1n) is 7.68. The average Bonchev–Trinajstić information content (AvgIpc) is 2.58. The van der Waals surface area contributed by atoms with E-state index in [1.54, 1.807) is 6.07 Å². The van der Waals surface area contributed by atoms with Gasteiger partial charge in [0.2, 0.25) is 11.2 Å². The summed E-state index contributed by atoms with van der Waals surface area (Å²) in [4.78, 5) is 23.8. The predicted octanol–water partition coefficient (Wildman–Crippen LogP) is 4.21. The molecule has 0 saturated heterocycles. The van der Waals surface area contributed by atoms with Crippen molar-refractivity contribution in [2.24, 2.45) is 0 Å². The highest BCUT2D eigenvalue weighted by Crippen LogP contribution is 2.28. The minimum Gasteiger partial charge on any atom is -0.460 e. The van der Waals surface area contributed by atoms with Crippen LogP contribution >= 0.6 is 0 Å². The van der Waals surface area contributed by atoms with Crippen LogP contribution in [0.25, 0.3) is 11.0 Å². The molecule has 0 aliphatic rings. The molecule has 3 aromatic rings. The number of ether oxygens (including phenoxy) is 2. The van der Waals surface area contributed by atoms with Crippen molar-refractivity contribution in [2.75, 3.05) is 0 Å². The fourth-order valence-corrected chi connectivity index (χ4v) is 2.41. The van der Waals surface area contributed by atoms with E-state index in [-0.39, 0.29) is 16.8 Å². The number of benzene rings is 2. The molecule has 128 valence electrons. The Labute approximate surface area is 142 Å². The number of hydrogen-bond acceptors (Lipinski definition) is 5. The van der Waals surface area contributed by atoms with Crippen LogP contribution in [0.3, 0.4) is 0 Å². The van der Waals surface area contributed by atoms with Crippen LogP contribution in [-0.2, 0) is 11.2 Å². The smallest absolute Gasteiger partial charge is 0.308 e. The van der Waals surface area contributed by atoms with Crippen molar-refractivity contribution in [3.05, 3.63) is 64.3 Å². The molecule has 0 bridgehead atoms.